The van der Waals surface area contributed by atoms with Crippen LogP contribution in [0.5, 0.6) is 0 Å². The van der Waals surface area contributed by atoms with E-state index in [4.69, 9.17) is 5.11 Å². The van der Waals surface area contributed by atoms with E-state index < -0.39 is 5.97 Å². The van der Waals surface area contributed by atoms with Crippen molar-refractivity contribution in [1.82, 2.24) is 10.2 Å². The second kappa shape index (κ2) is 8.64. The summed E-state index contributed by atoms with van der Waals surface area (Å²) in [6.45, 7) is 5.02. The quantitative estimate of drug-likeness (QED) is 0.743. The van der Waals surface area contributed by atoms with E-state index in [2.05, 4.69) is 5.32 Å². The van der Waals surface area contributed by atoms with Gasteiger partial charge < -0.3 is 15.3 Å². The van der Waals surface area contributed by atoms with Gasteiger partial charge in [-0.2, -0.15) is 0 Å². The molecular formula is C15H26N2O4. The predicted molar refractivity (Wildman–Crippen MR) is 78.7 cm³/mol. The number of aliphatic carboxylic acids is 1. The molecule has 1 aliphatic rings. The van der Waals surface area contributed by atoms with Gasteiger partial charge in [-0.1, -0.05) is 13.8 Å². The third-order valence-electron chi connectivity index (χ3n) is 3.74. The van der Waals surface area contributed by atoms with Crippen LogP contribution in [0.4, 0.5) is 0 Å². The fraction of sp³-hybridized carbons (Fsp3) is 0.800. The second-order valence-corrected chi connectivity index (χ2v) is 5.88. The maximum Gasteiger partial charge on any atom is 0.303 e. The summed E-state index contributed by atoms with van der Waals surface area (Å²) >= 11 is 0. The first-order valence-corrected chi connectivity index (χ1v) is 7.71. The van der Waals surface area contributed by atoms with Gasteiger partial charge in [0.15, 0.2) is 0 Å². The van der Waals surface area contributed by atoms with Crippen molar-refractivity contribution in [3.63, 3.8) is 0 Å². The van der Waals surface area contributed by atoms with Gasteiger partial charge in [-0.05, 0) is 25.2 Å². The molecule has 0 spiro atoms. The van der Waals surface area contributed by atoms with Gasteiger partial charge in [-0.3, -0.25) is 14.4 Å². The van der Waals surface area contributed by atoms with Gasteiger partial charge in [0, 0.05) is 38.4 Å². The van der Waals surface area contributed by atoms with Crippen LogP contribution in [-0.4, -0.2) is 46.9 Å². The van der Waals surface area contributed by atoms with E-state index in [1.54, 1.807) is 11.8 Å². The van der Waals surface area contributed by atoms with Crippen LogP contribution in [0.2, 0.25) is 0 Å². The minimum absolute atomic E-state index is 0.0158. The van der Waals surface area contributed by atoms with Crippen LogP contribution in [-0.2, 0) is 14.4 Å². The second-order valence-electron chi connectivity index (χ2n) is 5.88. The minimum Gasteiger partial charge on any atom is -0.481 e. The molecule has 120 valence electrons. The molecule has 0 radical (unpaired) electrons. The van der Waals surface area contributed by atoms with Crippen molar-refractivity contribution in [3.05, 3.63) is 0 Å². The first-order chi connectivity index (χ1) is 9.92. The smallest absolute Gasteiger partial charge is 0.303 e. The molecule has 1 rings (SSSR count). The van der Waals surface area contributed by atoms with Crippen molar-refractivity contribution in [2.75, 3.05) is 13.1 Å². The Hall–Kier alpha value is -1.59. The number of amides is 2. The first kappa shape index (κ1) is 17.5. The maximum atomic E-state index is 12.1. The highest BCUT2D eigenvalue weighted by Gasteiger charge is 2.24. The van der Waals surface area contributed by atoms with Gasteiger partial charge in [-0.15, -0.1) is 0 Å². The van der Waals surface area contributed by atoms with Crippen LogP contribution in [0.25, 0.3) is 0 Å². The number of likely N-dealkylation sites (tertiary alicyclic amines) is 1. The number of carbonyl (C=O) groups is 3. The minimum atomic E-state index is -0.868. The van der Waals surface area contributed by atoms with Gasteiger partial charge >= 0.3 is 5.97 Å². The molecule has 0 bridgehead atoms. The summed E-state index contributed by atoms with van der Waals surface area (Å²) in [5.41, 5.74) is 0. The monoisotopic (exact) mass is 298 g/mol. The molecule has 1 aliphatic heterocycles. The molecule has 0 aromatic heterocycles. The maximum absolute atomic E-state index is 12.1. The molecule has 21 heavy (non-hydrogen) atoms. The Morgan fingerprint density at radius 2 is 1.86 bits per heavy atom. The first-order valence-electron chi connectivity index (χ1n) is 7.71. The number of carbonyl (C=O) groups excluding carboxylic acids is 2. The van der Waals surface area contributed by atoms with Crippen molar-refractivity contribution in [2.45, 2.75) is 58.4 Å². The zero-order valence-electron chi connectivity index (χ0n) is 12.9. The predicted octanol–water partition coefficient (Wildman–Crippen LogP) is 1.39. The van der Waals surface area contributed by atoms with Crippen molar-refractivity contribution < 1.29 is 19.5 Å². The van der Waals surface area contributed by atoms with E-state index in [-0.39, 0.29) is 36.6 Å². The van der Waals surface area contributed by atoms with Gasteiger partial charge in [0.1, 0.15) is 0 Å². The van der Waals surface area contributed by atoms with Crippen LogP contribution in [0.3, 0.4) is 0 Å². The van der Waals surface area contributed by atoms with E-state index >= 15 is 0 Å². The Bertz CT molecular complexity index is 376. The Morgan fingerprint density at radius 3 is 2.38 bits per heavy atom. The van der Waals surface area contributed by atoms with E-state index in [1.165, 1.54) is 0 Å². The lowest BCUT2D eigenvalue weighted by molar-refractivity contribution is -0.138. The van der Waals surface area contributed by atoms with E-state index in [1.807, 2.05) is 6.92 Å². The normalized spacial score (nSPS) is 17.3. The molecule has 1 saturated heterocycles. The Kier molecular flexibility index (Phi) is 7.19. The Balaban J connectivity index is 2.30. The molecule has 6 nitrogen and oxygen atoms in total. The number of hydrogen-bond acceptors (Lipinski definition) is 3. The number of nitrogens with zero attached hydrogens (tertiary/aromatic N) is 1. The average molecular weight is 298 g/mol. The van der Waals surface area contributed by atoms with Crippen molar-refractivity contribution >= 4 is 17.8 Å². The highest BCUT2D eigenvalue weighted by Crippen LogP contribution is 2.15. The summed E-state index contributed by atoms with van der Waals surface area (Å²) in [5.74, 6) is -0.913. The van der Waals surface area contributed by atoms with Gasteiger partial charge in [-0.25, -0.2) is 0 Å². The molecule has 1 atom stereocenters. The molecule has 6 heteroatoms. The largest absolute Gasteiger partial charge is 0.481 e. The number of piperidine rings is 1. The molecular weight excluding hydrogens is 272 g/mol. The summed E-state index contributed by atoms with van der Waals surface area (Å²) < 4.78 is 0. The fourth-order valence-electron chi connectivity index (χ4n) is 2.60. The molecule has 0 aliphatic carbocycles. The lowest BCUT2D eigenvalue weighted by atomic mass is 10.0. The number of rotatable bonds is 7. The molecule has 2 N–H and O–H groups in total. The average Bonchev–Trinajstić information content (AvgIpc) is 2.38. The SMILES string of the molecule is CCCC(=O)NC1CCN(C(=O)CC(C)CC(=O)O)CC1. The highest BCUT2D eigenvalue weighted by molar-refractivity contribution is 5.78. The van der Waals surface area contributed by atoms with Crippen LogP contribution in [0.1, 0.15) is 52.4 Å². The zero-order chi connectivity index (χ0) is 15.8. The van der Waals surface area contributed by atoms with E-state index in [0.717, 1.165) is 19.3 Å². The van der Waals surface area contributed by atoms with Crippen LogP contribution in [0, 0.1) is 5.92 Å². The summed E-state index contributed by atoms with van der Waals surface area (Å²) in [5, 5.41) is 11.7. The van der Waals surface area contributed by atoms with Crippen LogP contribution in [0.15, 0.2) is 0 Å². The van der Waals surface area contributed by atoms with E-state index in [0.29, 0.717) is 19.5 Å². The van der Waals surface area contributed by atoms with Crippen LogP contribution < -0.4 is 5.32 Å². The summed E-state index contributed by atoms with van der Waals surface area (Å²) in [6.07, 6.45) is 3.23. The molecule has 1 heterocycles. The molecule has 0 aromatic rings. The van der Waals surface area contributed by atoms with Crippen molar-refractivity contribution in [2.24, 2.45) is 5.92 Å². The Morgan fingerprint density at radius 1 is 1.24 bits per heavy atom. The topological polar surface area (TPSA) is 86.7 Å². The molecule has 0 saturated carbocycles. The third-order valence-corrected chi connectivity index (χ3v) is 3.74. The third kappa shape index (κ3) is 6.60. The van der Waals surface area contributed by atoms with Gasteiger partial charge in [0.05, 0.1) is 0 Å². The highest BCUT2D eigenvalue weighted by atomic mass is 16.4. The molecule has 1 fully saturated rings. The van der Waals surface area contributed by atoms with E-state index in [9.17, 15) is 14.4 Å². The number of carboxylic acid groups (broad SMARTS) is 1. The fourth-order valence-corrected chi connectivity index (χ4v) is 2.60. The number of nitrogens with one attached hydrogen (secondary N) is 1. The molecule has 0 aromatic carbocycles. The summed E-state index contributed by atoms with van der Waals surface area (Å²) in [4.78, 5) is 36.0. The van der Waals surface area contributed by atoms with Gasteiger partial charge in [0.25, 0.3) is 0 Å². The van der Waals surface area contributed by atoms with Crippen molar-refractivity contribution in [3.8, 4) is 0 Å². The molecule has 2 amide bonds. The zero-order valence-corrected chi connectivity index (χ0v) is 12.9. The van der Waals surface area contributed by atoms with Crippen LogP contribution >= 0.6 is 0 Å². The number of carboxylic acids is 1. The lowest BCUT2D eigenvalue weighted by Crippen LogP contribution is -2.46. The van der Waals surface area contributed by atoms with Gasteiger partial charge in [0.2, 0.25) is 11.8 Å². The summed E-state index contributed by atoms with van der Waals surface area (Å²) in [6, 6.07) is 0.157. The standard InChI is InChI=1S/C15H26N2O4/c1-3-4-13(18)16-12-5-7-17(8-6-12)14(19)9-11(2)10-15(20)21/h11-12H,3-10H2,1-2H3,(H,16,18)(H,20,21). The lowest BCUT2D eigenvalue weighted by Gasteiger charge is -2.33. The summed E-state index contributed by atoms with van der Waals surface area (Å²) in [7, 11) is 0. The molecule has 1 unspecified atom stereocenters. The van der Waals surface area contributed by atoms with Crippen molar-refractivity contribution in [1.29, 1.82) is 0 Å². The number of hydrogen-bond donors (Lipinski definition) is 2. The Labute approximate surface area is 125 Å².